The van der Waals surface area contributed by atoms with E-state index in [0.29, 0.717) is 0 Å². The quantitative estimate of drug-likeness (QED) is 0.175. The maximum Gasteiger partial charge on any atom is 0.0346 e. The Hall–Kier alpha value is -5.79. The van der Waals surface area contributed by atoms with Gasteiger partial charge < -0.3 is 0 Å². The van der Waals surface area contributed by atoms with Gasteiger partial charge in [0.2, 0.25) is 0 Å². The van der Waals surface area contributed by atoms with Crippen molar-refractivity contribution in [2.75, 3.05) is 0 Å². The Morgan fingerprint density at radius 2 is 0.940 bits per heavy atom. The molecule has 1 heteroatoms. The largest absolute Gasteiger partial charge is 0.264 e. The summed E-state index contributed by atoms with van der Waals surface area (Å²) in [5.41, 5.74) is 18.3. The molecule has 0 atom stereocenters. The van der Waals surface area contributed by atoms with E-state index in [1.165, 1.54) is 93.9 Å². The summed E-state index contributed by atoms with van der Waals surface area (Å²) in [4.78, 5) is 4.57. The summed E-state index contributed by atoms with van der Waals surface area (Å²) in [7, 11) is 0. The Labute approximate surface area is 293 Å². The molecule has 2 aliphatic carbocycles. The predicted octanol–water partition coefficient (Wildman–Crippen LogP) is 13.0. The summed E-state index contributed by atoms with van der Waals surface area (Å²) < 4.78 is 0. The van der Waals surface area contributed by atoms with Gasteiger partial charge in [-0.2, -0.15) is 0 Å². The standard InChI is InChI=1S/C49H37N/c1-48(2)42-20-10-8-17-38(42)47-39(18-11-21-43(47)48)46-36-16-6-5-15-35(36)45(32-13-12-26-50-29-32)37-25-23-30(27-40(37)46)31-22-24-34-33-14-7-9-19-41(33)49(3,4)44(34)28-31/h5-29H,1-4H3. The lowest BCUT2D eigenvalue weighted by Crippen LogP contribution is -2.14. The van der Waals surface area contributed by atoms with E-state index in [2.05, 4.69) is 166 Å². The molecule has 0 radical (unpaired) electrons. The van der Waals surface area contributed by atoms with E-state index in [-0.39, 0.29) is 10.8 Å². The molecule has 1 aromatic heterocycles. The molecule has 0 aliphatic heterocycles. The number of aromatic nitrogens is 1. The normalized spacial score (nSPS) is 14.7. The summed E-state index contributed by atoms with van der Waals surface area (Å²) in [6.07, 6.45) is 3.87. The first kappa shape index (κ1) is 29.2. The minimum absolute atomic E-state index is 0.0571. The zero-order valence-electron chi connectivity index (χ0n) is 28.9. The third-order valence-corrected chi connectivity index (χ3v) is 11.8. The van der Waals surface area contributed by atoms with Crippen LogP contribution in [-0.2, 0) is 10.8 Å². The summed E-state index contributed by atoms with van der Waals surface area (Å²) in [5.74, 6) is 0. The van der Waals surface area contributed by atoms with Gasteiger partial charge in [-0.25, -0.2) is 0 Å². The van der Waals surface area contributed by atoms with Crippen LogP contribution in [-0.4, -0.2) is 4.98 Å². The van der Waals surface area contributed by atoms with Crippen molar-refractivity contribution < 1.29 is 0 Å². The lowest BCUT2D eigenvalue weighted by molar-refractivity contribution is 0.660. The highest BCUT2D eigenvalue weighted by molar-refractivity contribution is 6.23. The minimum atomic E-state index is -0.0802. The van der Waals surface area contributed by atoms with Gasteiger partial charge in [-0.15, -0.1) is 0 Å². The van der Waals surface area contributed by atoms with Gasteiger partial charge in [-0.05, 0) is 112 Å². The lowest BCUT2D eigenvalue weighted by Gasteiger charge is -2.23. The first-order chi connectivity index (χ1) is 24.3. The van der Waals surface area contributed by atoms with Gasteiger partial charge in [0, 0.05) is 28.8 Å². The monoisotopic (exact) mass is 639 g/mol. The van der Waals surface area contributed by atoms with E-state index < -0.39 is 0 Å². The number of hydrogen-bond acceptors (Lipinski definition) is 1. The molecule has 50 heavy (non-hydrogen) atoms. The lowest BCUT2D eigenvalue weighted by atomic mass is 9.80. The second-order valence-electron chi connectivity index (χ2n) is 15.1. The second-order valence-corrected chi connectivity index (χ2v) is 15.1. The van der Waals surface area contributed by atoms with Crippen LogP contribution in [0.3, 0.4) is 0 Å². The highest BCUT2D eigenvalue weighted by Crippen LogP contribution is 2.55. The van der Waals surface area contributed by atoms with Gasteiger partial charge in [-0.1, -0.05) is 149 Å². The topological polar surface area (TPSA) is 12.9 Å². The molecular formula is C49H37N. The van der Waals surface area contributed by atoms with E-state index >= 15 is 0 Å². The molecule has 0 unspecified atom stereocenters. The molecule has 0 saturated carbocycles. The smallest absolute Gasteiger partial charge is 0.0346 e. The Balaban J connectivity index is 1.30. The van der Waals surface area contributed by atoms with Gasteiger partial charge in [0.1, 0.15) is 0 Å². The van der Waals surface area contributed by atoms with E-state index in [1.807, 2.05) is 18.5 Å². The second kappa shape index (κ2) is 10.4. The van der Waals surface area contributed by atoms with Crippen LogP contribution in [0.1, 0.15) is 49.9 Å². The summed E-state index contributed by atoms with van der Waals surface area (Å²) in [5, 5.41) is 5.01. The van der Waals surface area contributed by atoms with Crippen LogP contribution in [0, 0.1) is 0 Å². The van der Waals surface area contributed by atoms with Crippen molar-refractivity contribution in [3.63, 3.8) is 0 Å². The van der Waals surface area contributed by atoms with Gasteiger partial charge in [0.05, 0.1) is 0 Å². The van der Waals surface area contributed by atoms with Crippen molar-refractivity contribution in [1.82, 2.24) is 4.98 Å². The molecule has 2 aliphatic rings. The maximum absolute atomic E-state index is 4.57. The Morgan fingerprint density at radius 3 is 1.72 bits per heavy atom. The number of pyridine rings is 1. The van der Waals surface area contributed by atoms with Crippen LogP contribution in [0.25, 0.3) is 77.2 Å². The first-order valence-electron chi connectivity index (χ1n) is 17.7. The molecule has 0 spiro atoms. The van der Waals surface area contributed by atoms with Crippen molar-refractivity contribution in [2.45, 2.75) is 38.5 Å². The fourth-order valence-corrected chi connectivity index (χ4v) is 9.32. The fraction of sp³-hybridized carbons (Fsp3) is 0.122. The van der Waals surface area contributed by atoms with Crippen molar-refractivity contribution >= 4 is 21.5 Å². The number of benzene rings is 7. The van der Waals surface area contributed by atoms with Crippen LogP contribution in [0.4, 0.5) is 0 Å². The molecule has 1 heterocycles. The SMILES string of the molecule is CC1(C)c2ccccc2-c2ccc(-c3ccc4c(-c5cccnc5)c5ccccc5c(-c5cccc6c5-c5ccccc5C6(C)C)c4c3)cc21. The van der Waals surface area contributed by atoms with Gasteiger partial charge in [0.25, 0.3) is 0 Å². The van der Waals surface area contributed by atoms with Gasteiger partial charge >= 0.3 is 0 Å². The van der Waals surface area contributed by atoms with Crippen molar-refractivity contribution in [3.8, 4) is 55.6 Å². The fourth-order valence-electron chi connectivity index (χ4n) is 9.32. The van der Waals surface area contributed by atoms with E-state index in [9.17, 15) is 0 Å². The predicted molar refractivity (Wildman–Crippen MR) is 211 cm³/mol. The van der Waals surface area contributed by atoms with Crippen LogP contribution >= 0.6 is 0 Å². The highest BCUT2D eigenvalue weighted by atomic mass is 14.6. The number of hydrogen-bond donors (Lipinski definition) is 0. The summed E-state index contributed by atoms with van der Waals surface area (Å²) in [6, 6.07) is 52.3. The summed E-state index contributed by atoms with van der Waals surface area (Å²) in [6.45, 7) is 9.47. The van der Waals surface area contributed by atoms with Crippen LogP contribution in [0.5, 0.6) is 0 Å². The third-order valence-electron chi connectivity index (χ3n) is 11.8. The van der Waals surface area contributed by atoms with Gasteiger partial charge in [-0.3, -0.25) is 4.98 Å². The Morgan fingerprint density at radius 1 is 0.360 bits per heavy atom. The average Bonchev–Trinajstić information content (AvgIpc) is 3.53. The minimum Gasteiger partial charge on any atom is -0.264 e. The molecule has 7 aromatic carbocycles. The highest BCUT2D eigenvalue weighted by Gasteiger charge is 2.38. The molecule has 0 N–H and O–H groups in total. The number of rotatable bonds is 3. The molecule has 0 bridgehead atoms. The van der Waals surface area contributed by atoms with Crippen molar-refractivity contribution in [2.24, 2.45) is 0 Å². The molecule has 238 valence electrons. The van der Waals surface area contributed by atoms with Crippen LogP contribution in [0.2, 0.25) is 0 Å². The first-order valence-corrected chi connectivity index (χ1v) is 17.7. The van der Waals surface area contributed by atoms with E-state index in [0.717, 1.165) is 5.56 Å². The third kappa shape index (κ3) is 3.92. The molecule has 1 nitrogen and oxygen atoms in total. The van der Waals surface area contributed by atoms with Crippen molar-refractivity contribution in [1.29, 1.82) is 0 Å². The average molecular weight is 640 g/mol. The van der Waals surface area contributed by atoms with Crippen LogP contribution < -0.4 is 0 Å². The molecule has 0 amide bonds. The van der Waals surface area contributed by atoms with Crippen molar-refractivity contribution in [3.05, 3.63) is 174 Å². The van der Waals surface area contributed by atoms with E-state index in [1.54, 1.807) is 0 Å². The maximum atomic E-state index is 4.57. The number of fused-ring (bicyclic) bond motifs is 8. The van der Waals surface area contributed by atoms with Crippen LogP contribution in [0.15, 0.2) is 152 Å². The molecule has 0 saturated heterocycles. The molecule has 8 aromatic rings. The zero-order valence-corrected chi connectivity index (χ0v) is 28.9. The summed E-state index contributed by atoms with van der Waals surface area (Å²) >= 11 is 0. The number of nitrogens with zero attached hydrogens (tertiary/aromatic N) is 1. The zero-order chi connectivity index (χ0) is 33.8. The Bertz CT molecular complexity index is 2690. The van der Waals surface area contributed by atoms with E-state index in [4.69, 9.17) is 0 Å². The van der Waals surface area contributed by atoms with Gasteiger partial charge in [0.15, 0.2) is 0 Å². The molecule has 0 fully saturated rings. The molecule has 10 rings (SSSR count). The Kier molecular flexibility index (Phi) is 6.04. The molecular weight excluding hydrogens is 603 g/mol.